The van der Waals surface area contributed by atoms with Gasteiger partial charge in [-0.2, -0.15) is 0 Å². The lowest BCUT2D eigenvalue weighted by Crippen LogP contribution is -2.10. The van der Waals surface area contributed by atoms with Crippen LogP contribution in [0.25, 0.3) is 0 Å². The Morgan fingerprint density at radius 1 is 1.86 bits per heavy atom. The molecule has 0 amide bonds. The van der Waals surface area contributed by atoms with Gasteiger partial charge < -0.3 is 4.84 Å². The molecule has 1 aliphatic carbocycles. The maximum absolute atomic E-state index is 4.50. The number of oxime groups is 1. The smallest absolute Gasteiger partial charge is 0.106 e. The standard InChI is InChI=1S/C5H8NO/c1-7-6-5-3-2-4-5/h3H,2,4H2,1H3/b6-5+. The summed E-state index contributed by atoms with van der Waals surface area (Å²) in [5.41, 5.74) is 1.09. The minimum Gasteiger partial charge on any atom is -0.399 e. The van der Waals surface area contributed by atoms with Gasteiger partial charge in [-0.05, 0) is 12.8 Å². The first-order valence-electron chi connectivity index (χ1n) is 2.36. The molecular formula is C5H8NO. The van der Waals surface area contributed by atoms with E-state index in [1.165, 1.54) is 6.42 Å². The van der Waals surface area contributed by atoms with Gasteiger partial charge >= 0.3 is 0 Å². The summed E-state index contributed by atoms with van der Waals surface area (Å²) in [5, 5.41) is 3.69. The molecule has 7 heavy (non-hydrogen) atoms. The Morgan fingerprint density at radius 3 is 2.71 bits per heavy atom. The van der Waals surface area contributed by atoms with Gasteiger partial charge in [0.15, 0.2) is 0 Å². The van der Waals surface area contributed by atoms with Crippen LogP contribution in [0.3, 0.4) is 0 Å². The highest BCUT2D eigenvalue weighted by Crippen LogP contribution is 2.12. The van der Waals surface area contributed by atoms with Crippen LogP contribution in [0.4, 0.5) is 0 Å². The first-order valence-corrected chi connectivity index (χ1v) is 2.36. The van der Waals surface area contributed by atoms with Crippen LogP contribution in [0.15, 0.2) is 5.16 Å². The van der Waals surface area contributed by atoms with E-state index >= 15 is 0 Å². The molecule has 2 nitrogen and oxygen atoms in total. The summed E-state index contributed by atoms with van der Waals surface area (Å²) < 4.78 is 0. The van der Waals surface area contributed by atoms with Crippen LogP contribution in [0.5, 0.6) is 0 Å². The summed E-state index contributed by atoms with van der Waals surface area (Å²) in [6.45, 7) is 0. The Bertz CT molecular complexity index is 82.1. The Hall–Kier alpha value is -0.530. The molecule has 39 valence electrons. The van der Waals surface area contributed by atoms with Crippen LogP contribution in [-0.4, -0.2) is 12.8 Å². The Balaban J connectivity index is 2.23. The van der Waals surface area contributed by atoms with Gasteiger partial charge in [0.2, 0.25) is 0 Å². The summed E-state index contributed by atoms with van der Waals surface area (Å²) in [6.07, 6.45) is 4.32. The van der Waals surface area contributed by atoms with Crippen molar-refractivity contribution in [1.82, 2.24) is 0 Å². The molecule has 1 radical (unpaired) electrons. The average molecular weight is 98.1 g/mol. The van der Waals surface area contributed by atoms with Crippen molar-refractivity contribution in [2.45, 2.75) is 12.8 Å². The van der Waals surface area contributed by atoms with Gasteiger partial charge in [0.25, 0.3) is 0 Å². The quantitative estimate of drug-likeness (QED) is 0.448. The van der Waals surface area contributed by atoms with Crippen molar-refractivity contribution >= 4 is 5.71 Å². The third-order valence-electron chi connectivity index (χ3n) is 0.989. The largest absolute Gasteiger partial charge is 0.399 e. The van der Waals surface area contributed by atoms with Gasteiger partial charge in [0.05, 0.1) is 5.71 Å². The second-order valence-electron chi connectivity index (χ2n) is 1.51. The molecule has 0 spiro atoms. The predicted octanol–water partition coefficient (Wildman–Crippen LogP) is 0.987. The van der Waals surface area contributed by atoms with E-state index in [-0.39, 0.29) is 0 Å². The van der Waals surface area contributed by atoms with E-state index in [1.807, 2.05) is 0 Å². The minimum absolute atomic E-state index is 1.09. The monoisotopic (exact) mass is 98.1 g/mol. The first-order chi connectivity index (χ1) is 3.43. The van der Waals surface area contributed by atoms with Gasteiger partial charge in [-0.1, -0.05) is 5.16 Å². The van der Waals surface area contributed by atoms with E-state index in [1.54, 1.807) is 7.11 Å². The van der Waals surface area contributed by atoms with Crippen LogP contribution < -0.4 is 0 Å². The summed E-state index contributed by atoms with van der Waals surface area (Å²) in [5.74, 6) is 0. The fourth-order valence-corrected chi connectivity index (χ4v) is 0.474. The third-order valence-corrected chi connectivity index (χ3v) is 0.989. The molecule has 1 fully saturated rings. The van der Waals surface area contributed by atoms with E-state index in [0.717, 1.165) is 12.1 Å². The summed E-state index contributed by atoms with van der Waals surface area (Å²) in [6, 6.07) is 0. The highest BCUT2D eigenvalue weighted by atomic mass is 16.6. The Morgan fingerprint density at radius 2 is 2.57 bits per heavy atom. The van der Waals surface area contributed by atoms with E-state index in [0.29, 0.717) is 0 Å². The molecule has 0 heterocycles. The van der Waals surface area contributed by atoms with Gasteiger partial charge in [0.1, 0.15) is 7.11 Å². The molecule has 0 aromatic carbocycles. The molecule has 0 N–H and O–H groups in total. The normalized spacial score (nSPS) is 24.4. The summed E-state index contributed by atoms with van der Waals surface area (Å²) in [4.78, 5) is 4.50. The Kier molecular flexibility index (Phi) is 1.29. The lowest BCUT2D eigenvalue weighted by Gasteiger charge is -2.11. The lowest BCUT2D eigenvalue weighted by molar-refractivity contribution is 0.211. The molecule has 0 aliphatic heterocycles. The number of hydrogen-bond donors (Lipinski definition) is 0. The lowest BCUT2D eigenvalue weighted by atomic mass is 9.98. The molecule has 2 heteroatoms. The number of nitrogens with zero attached hydrogens (tertiary/aromatic N) is 1. The zero-order chi connectivity index (χ0) is 5.11. The number of hydrogen-bond acceptors (Lipinski definition) is 2. The molecule has 0 atom stereocenters. The average Bonchev–Trinajstić information content (AvgIpc) is 1.55. The third kappa shape index (κ3) is 0.918. The summed E-state index contributed by atoms with van der Waals surface area (Å²) in [7, 11) is 1.57. The zero-order valence-corrected chi connectivity index (χ0v) is 4.35. The SMILES string of the molecule is CO/N=C1\[CH]CC1. The molecule has 0 aromatic rings. The number of rotatable bonds is 1. The van der Waals surface area contributed by atoms with Crippen molar-refractivity contribution in [2.75, 3.05) is 7.11 Å². The van der Waals surface area contributed by atoms with Gasteiger partial charge in [-0.25, -0.2) is 0 Å². The predicted molar refractivity (Wildman–Crippen MR) is 28.0 cm³/mol. The van der Waals surface area contributed by atoms with Crippen molar-refractivity contribution in [3.05, 3.63) is 6.42 Å². The van der Waals surface area contributed by atoms with Crippen molar-refractivity contribution in [2.24, 2.45) is 5.16 Å². The highest BCUT2D eigenvalue weighted by molar-refractivity contribution is 5.97. The van der Waals surface area contributed by atoms with Crippen LogP contribution in [0.1, 0.15) is 12.8 Å². The van der Waals surface area contributed by atoms with Crippen molar-refractivity contribution in [3.63, 3.8) is 0 Å². The zero-order valence-electron chi connectivity index (χ0n) is 4.35. The molecule has 1 saturated carbocycles. The van der Waals surface area contributed by atoms with E-state index in [2.05, 4.69) is 16.4 Å². The second-order valence-corrected chi connectivity index (χ2v) is 1.51. The van der Waals surface area contributed by atoms with Crippen LogP contribution in [0.2, 0.25) is 0 Å². The molecule has 1 aliphatic rings. The minimum atomic E-state index is 1.09. The highest BCUT2D eigenvalue weighted by Gasteiger charge is 2.09. The maximum Gasteiger partial charge on any atom is 0.106 e. The van der Waals surface area contributed by atoms with Gasteiger partial charge in [-0.15, -0.1) is 0 Å². The second kappa shape index (κ2) is 1.96. The molecule has 0 bridgehead atoms. The topological polar surface area (TPSA) is 21.6 Å². The first kappa shape index (κ1) is 4.62. The van der Waals surface area contributed by atoms with E-state index in [9.17, 15) is 0 Å². The molecule has 0 aromatic heterocycles. The molecule has 0 saturated heterocycles. The molecule has 0 unspecified atom stereocenters. The van der Waals surface area contributed by atoms with Crippen molar-refractivity contribution < 1.29 is 4.84 Å². The molecular weight excluding hydrogens is 90.1 g/mol. The van der Waals surface area contributed by atoms with Crippen molar-refractivity contribution in [3.8, 4) is 0 Å². The van der Waals surface area contributed by atoms with Crippen LogP contribution in [-0.2, 0) is 4.84 Å². The van der Waals surface area contributed by atoms with E-state index in [4.69, 9.17) is 0 Å². The molecule has 1 rings (SSSR count). The Labute approximate surface area is 43.2 Å². The van der Waals surface area contributed by atoms with Crippen LogP contribution >= 0.6 is 0 Å². The van der Waals surface area contributed by atoms with Crippen molar-refractivity contribution in [1.29, 1.82) is 0 Å². The fourth-order valence-electron chi connectivity index (χ4n) is 0.474. The van der Waals surface area contributed by atoms with Gasteiger partial charge in [0, 0.05) is 6.42 Å². The summed E-state index contributed by atoms with van der Waals surface area (Å²) >= 11 is 0. The van der Waals surface area contributed by atoms with Crippen LogP contribution in [0, 0.1) is 6.42 Å². The van der Waals surface area contributed by atoms with Gasteiger partial charge in [-0.3, -0.25) is 0 Å². The van der Waals surface area contributed by atoms with E-state index < -0.39 is 0 Å². The fraction of sp³-hybridized carbons (Fsp3) is 0.600. The maximum atomic E-state index is 4.50.